The van der Waals surface area contributed by atoms with Crippen molar-refractivity contribution in [1.29, 1.82) is 0 Å². The number of methoxy groups -OCH3 is 1. The minimum absolute atomic E-state index is 0.164. The van der Waals surface area contributed by atoms with Crippen LogP contribution in [0.15, 0.2) is 64.6 Å². The van der Waals surface area contributed by atoms with Crippen molar-refractivity contribution >= 4 is 16.2 Å². The summed E-state index contributed by atoms with van der Waals surface area (Å²) in [4.78, 5) is 2.33. The first kappa shape index (κ1) is 14.1. The van der Waals surface area contributed by atoms with E-state index >= 15 is 0 Å². The Kier molecular flexibility index (Phi) is 4.37. The van der Waals surface area contributed by atoms with Gasteiger partial charge in [0.15, 0.2) is 0 Å². The molecule has 104 valence electrons. The Labute approximate surface area is 118 Å². The Morgan fingerprint density at radius 2 is 1.70 bits per heavy atom. The van der Waals surface area contributed by atoms with Crippen LogP contribution in [0.4, 0.5) is 0 Å². The van der Waals surface area contributed by atoms with E-state index in [1.165, 1.54) is 18.3 Å². The molecule has 0 fully saturated rings. The molecular weight excluding hydrogens is 276 g/mol. The van der Waals surface area contributed by atoms with Crippen LogP contribution in [0.1, 0.15) is 5.56 Å². The highest BCUT2D eigenvalue weighted by Crippen LogP contribution is 2.14. The minimum atomic E-state index is -3.64. The summed E-state index contributed by atoms with van der Waals surface area (Å²) < 4.78 is 29.0. The summed E-state index contributed by atoms with van der Waals surface area (Å²) in [6.07, 6.45) is 1.40. The van der Waals surface area contributed by atoms with Crippen molar-refractivity contribution in [2.24, 2.45) is 5.10 Å². The topological polar surface area (TPSA) is 67.8 Å². The number of benzene rings is 2. The Hall–Kier alpha value is -2.34. The molecule has 0 saturated carbocycles. The van der Waals surface area contributed by atoms with E-state index in [-0.39, 0.29) is 4.90 Å². The number of hydrogen-bond acceptors (Lipinski definition) is 4. The molecule has 0 aliphatic rings. The molecule has 2 aromatic carbocycles. The summed E-state index contributed by atoms with van der Waals surface area (Å²) in [6.45, 7) is 0. The summed E-state index contributed by atoms with van der Waals surface area (Å²) in [6, 6.07) is 15.2. The molecule has 0 radical (unpaired) electrons. The Bertz CT molecular complexity index is 697. The maximum atomic E-state index is 11.9. The maximum Gasteiger partial charge on any atom is 0.276 e. The van der Waals surface area contributed by atoms with Crippen LogP contribution in [0.5, 0.6) is 5.75 Å². The molecule has 5 nitrogen and oxygen atoms in total. The van der Waals surface area contributed by atoms with Gasteiger partial charge in [0.25, 0.3) is 10.0 Å². The normalized spacial score (nSPS) is 11.4. The maximum absolute atomic E-state index is 11.9. The van der Waals surface area contributed by atoms with Gasteiger partial charge >= 0.3 is 0 Å². The van der Waals surface area contributed by atoms with E-state index in [1.807, 2.05) is 12.1 Å². The molecule has 0 aliphatic heterocycles. The molecule has 0 aromatic heterocycles. The zero-order valence-electron chi connectivity index (χ0n) is 10.9. The van der Waals surface area contributed by atoms with E-state index in [0.29, 0.717) is 11.3 Å². The van der Waals surface area contributed by atoms with Crippen molar-refractivity contribution in [2.45, 2.75) is 4.90 Å². The van der Waals surface area contributed by atoms with Crippen molar-refractivity contribution in [1.82, 2.24) is 4.83 Å². The molecule has 0 aliphatic carbocycles. The molecule has 0 bridgehead atoms. The summed E-state index contributed by atoms with van der Waals surface area (Å²) in [5.41, 5.74) is 0.686. The van der Waals surface area contributed by atoms with Gasteiger partial charge in [-0.25, -0.2) is 4.83 Å². The first-order chi connectivity index (χ1) is 9.63. The number of hydrazone groups is 1. The molecule has 0 spiro atoms. The average molecular weight is 290 g/mol. The van der Waals surface area contributed by atoms with Crippen LogP contribution in [0.2, 0.25) is 0 Å². The second-order valence-corrected chi connectivity index (χ2v) is 5.57. The fourth-order valence-electron chi connectivity index (χ4n) is 1.59. The van der Waals surface area contributed by atoms with Crippen molar-refractivity contribution < 1.29 is 13.2 Å². The quantitative estimate of drug-likeness (QED) is 0.676. The van der Waals surface area contributed by atoms with Crippen molar-refractivity contribution in [3.63, 3.8) is 0 Å². The van der Waals surface area contributed by atoms with Gasteiger partial charge in [0, 0.05) is 5.56 Å². The van der Waals surface area contributed by atoms with Crippen molar-refractivity contribution in [3.05, 3.63) is 60.2 Å². The second-order valence-electron chi connectivity index (χ2n) is 3.91. The lowest BCUT2D eigenvalue weighted by molar-refractivity contribution is 0.414. The standard InChI is InChI=1S/C14H14N2O3S/c1-19-14-10-6-5-7-12(14)11-15-16-20(17,18)13-8-3-2-4-9-13/h2-11,16H,1H3/b15-11+. The molecule has 0 unspecified atom stereocenters. The van der Waals surface area contributed by atoms with Gasteiger partial charge in [-0.15, -0.1) is 0 Å². The number of nitrogens with zero attached hydrogens (tertiary/aromatic N) is 1. The van der Waals surface area contributed by atoms with Gasteiger partial charge in [-0.1, -0.05) is 30.3 Å². The monoisotopic (exact) mass is 290 g/mol. The summed E-state index contributed by atoms with van der Waals surface area (Å²) in [5, 5.41) is 3.76. The summed E-state index contributed by atoms with van der Waals surface area (Å²) in [5.74, 6) is 0.621. The van der Waals surface area contributed by atoms with Crippen molar-refractivity contribution in [3.8, 4) is 5.75 Å². The minimum Gasteiger partial charge on any atom is -0.496 e. The smallest absolute Gasteiger partial charge is 0.276 e. The van der Waals surface area contributed by atoms with Crippen LogP contribution in [0, 0.1) is 0 Å². The van der Waals surface area contributed by atoms with E-state index in [4.69, 9.17) is 4.74 Å². The highest BCUT2D eigenvalue weighted by atomic mass is 32.2. The fourth-order valence-corrected chi connectivity index (χ4v) is 2.40. The molecule has 0 atom stereocenters. The largest absolute Gasteiger partial charge is 0.496 e. The average Bonchev–Trinajstić information content (AvgIpc) is 2.48. The summed E-state index contributed by atoms with van der Waals surface area (Å²) >= 11 is 0. The Morgan fingerprint density at radius 3 is 2.40 bits per heavy atom. The van der Waals surface area contributed by atoms with Crippen LogP contribution in [0.25, 0.3) is 0 Å². The first-order valence-electron chi connectivity index (χ1n) is 5.86. The molecule has 20 heavy (non-hydrogen) atoms. The molecule has 6 heteroatoms. The van der Waals surface area contributed by atoms with Gasteiger partial charge in [-0.05, 0) is 24.3 Å². The number of rotatable bonds is 5. The van der Waals surface area contributed by atoms with Crippen molar-refractivity contribution in [2.75, 3.05) is 7.11 Å². The van der Waals surface area contributed by atoms with E-state index in [1.54, 1.807) is 37.4 Å². The molecule has 2 aromatic rings. The van der Waals surface area contributed by atoms with Gasteiger partial charge in [0.2, 0.25) is 0 Å². The van der Waals surface area contributed by atoms with Crippen LogP contribution in [-0.4, -0.2) is 21.7 Å². The van der Waals surface area contributed by atoms with Crippen LogP contribution in [-0.2, 0) is 10.0 Å². The lowest BCUT2D eigenvalue weighted by atomic mass is 10.2. The van der Waals surface area contributed by atoms with Gasteiger partial charge in [-0.2, -0.15) is 13.5 Å². The zero-order valence-corrected chi connectivity index (χ0v) is 11.7. The summed E-state index contributed by atoms with van der Waals surface area (Å²) in [7, 11) is -2.10. The number of hydrogen-bond donors (Lipinski definition) is 1. The highest BCUT2D eigenvalue weighted by Gasteiger charge is 2.11. The molecule has 2 rings (SSSR count). The van der Waals surface area contributed by atoms with Crippen LogP contribution >= 0.6 is 0 Å². The lowest BCUT2D eigenvalue weighted by Crippen LogP contribution is -2.18. The number of para-hydroxylation sites is 1. The molecule has 0 amide bonds. The van der Waals surface area contributed by atoms with Gasteiger partial charge < -0.3 is 4.74 Å². The molecule has 0 saturated heterocycles. The number of sulfonamides is 1. The Balaban J connectivity index is 2.14. The van der Waals surface area contributed by atoms with E-state index in [9.17, 15) is 8.42 Å². The lowest BCUT2D eigenvalue weighted by Gasteiger charge is -2.04. The van der Waals surface area contributed by atoms with E-state index in [0.717, 1.165) is 0 Å². The predicted molar refractivity (Wildman–Crippen MR) is 77.4 cm³/mol. The SMILES string of the molecule is COc1ccccc1/C=N/NS(=O)(=O)c1ccccc1. The molecular formula is C14H14N2O3S. The second kappa shape index (κ2) is 6.21. The highest BCUT2D eigenvalue weighted by molar-refractivity contribution is 7.89. The predicted octanol–water partition coefficient (Wildman–Crippen LogP) is 2.01. The third kappa shape index (κ3) is 3.36. The van der Waals surface area contributed by atoms with Crippen LogP contribution < -0.4 is 9.57 Å². The van der Waals surface area contributed by atoms with Crippen LogP contribution in [0.3, 0.4) is 0 Å². The third-order valence-corrected chi connectivity index (χ3v) is 3.81. The van der Waals surface area contributed by atoms with Gasteiger partial charge in [0.05, 0.1) is 18.2 Å². The number of ether oxygens (including phenoxy) is 1. The fraction of sp³-hybridized carbons (Fsp3) is 0.0714. The zero-order chi connectivity index (χ0) is 14.4. The number of nitrogens with one attached hydrogen (secondary N) is 1. The first-order valence-corrected chi connectivity index (χ1v) is 7.35. The van der Waals surface area contributed by atoms with E-state index in [2.05, 4.69) is 9.93 Å². The molecule has 1 N–H and O–H groups in total. The molecule has 0 heterocycles. The third-order valence-electron chi connectivity index (χ3n) is 2.57. The van der Waals surface area contributed by atoms with Gasteiger partial charge in [0.1, 0.15) is 5.75 Å². The van der Waals surface area contributed by atoms with E-state index < -0.39 is 10.0 Å². The Morgan fingerprint density at radius 1 is 1.05 bits per heavy atom. The van der Waals surface area contributed by atoms with Gasteiger partial charge in [-0.3, -0.25) is 0 Å².